The zero-order valence-electron chi connectivity index (χ0n) is 21.7. The van der Waals surface area contributed by atoms with Crippen LogP contribution in [0.25, 0.3) is 44.6 Å². The van der Waals surface area contributed by atoms with Crippen LogP contribution in [0.15, 0.2) is 49.1 Å². The molecule has 1 aliphatic rings. The Balaban J connectivity index is 1.33. The Labute approximate surface area is 220 Å². The average Bonchev–Trinajstić information content (AvgIpc) is 3.56. The predicted octanol–water partition coefficient (Wildman–Crippen LogP) is 4.44. The maximum absolute atomic E-state index is 12.2. The highest BCUT2D eigenvalue weighted by Crippen LogP contribution is 2.34. The molecule has 0 unspecified atom stereocenters. The van der Waals surface area contributed by atoms with Crippen molar-refractivity contribution in [3.05, 3.63) is 49.1 Å². The summed E-state index contributed by atoms with van der Waals surface area (Å²) in [6.07, 6.45) is 9.40. The van der Waals surface area contributed by atoms with Crippen molar-refractivity contribution in [2.45, 2.75) is 26.2 Å². The largest absolute Gasteiger partial charge is 0.368 e. The number of carbonyl (C=O) groups is 1. The fourth-order valence-electron chi connectivity index (χ4n) is 4.95. The van der Waals surface area contributed by atoms with E-state index >= 15 is 0 Å². The van der Waals surface area contributed by atoms with Crippen LogP contribution in [0, 0.1) is 0 Å². The molecule has 5 aromatic rings. The molecular weight excluding hydrogens is 478 g/mol. The van der Waals surface area contributed by atoms with Crippen LogP contribution in [0.2, 0.25) is 0 Å². The zero-order chi connectivity index (χ0) is 26.1. The molecule has 0 radical (unpaired) electrons. The van der Waals surface area contributed by atoms with E-state index < -0.39 is 0 Å². The van der Waals surface area contributed by atoms with E-state index in [1.165, 1.54) is 5.69 Å². The molecule has 0 atom stereocenters. The smallest absolute Gasteiger partial charge is 0.224 e. The molecule has 194 valence electrons. The van der Waals surface area contributed by atoms with Crippen LogP contribution >= 0.6 is 0 Å². The Bertz CT molecular complexity index is 1600. The van der Waals surface area contributed by atoms with Gasteiger partial charge >= 0.3 is 0 Å². The van der Waals surface area contributed by atoms with Gasteiger partial charge in [0.15, 0.2) is 0 Å². The standard InChI is InChI=1S/C28H31N9O/c1-3-4-5-26(38)32-19-12-18(15-29-16-19)22-13-20-24(17-31-22)34-35-27(20)23-14-21-25(6-7-30-28(21)33-23)37-10-8-36(2)9-11-37/h6-7,12-17H,3-5,8-11H2,1-2H3,(H,30,33)(H,32,38)(H,34,35). The Morgan fingerprint density at radius 1 is 1.05 bits per heavy atom. The number of fused-ring (bicyclic) bond motifs is 2. The first kappa shape index (κ1) is 24.1. The summed E-state index contributed by atoms with van der Waals surface area (Å²) in [5.41, 5.74) is 6.82. The molecule has 10 nitrogen and oxygen atoms in total. The summed E-state index contributed by atoms with van der Waals surface area (Å²) in [6.45, 7) is 6.13. The highest BCUT2D eigenvalue weighted by atomic mass is 16.1. The van der Waals surface area contributed by atoms with Gasteiger partial charge in [-0.2, -0.15) is 5.10 Å². The number of pyridine rings is 3. The Kier molecular flexibility index (Phi) is 6.47. The quantitative estimate of drug-likeness (QED) is 0.297. The summed E-state index contributed by atoms with van der Waals surface area (Å²) in [6, 6.07) is 8.14. The van der Waals surface area contributed by atoms with Crippen molar-refractivity contribution in [3.8, 4) is 22.6 Å². The molecule has 10 heteroatoms. The van der Waals surface area contributed by atoms with Crippen molar-refractivity contribution in [1.29, 1.82) is 0 Å². The fourth-order valence-corrected chi connectivity index (χ4v) is 4.95. The van der Waals surface area contributed by atoms with E-state index in [0.717, 1.165) is 83.6 Å². The van der Waals surface area contributed by atoms with Crippen LogP contribution in [0.1, 0.15) is 26.2 Å². The van der Waals surface area contributed by atoms with Gasteiger partial charge in [0.25, 0.3) is 0 Å². The molecule has 0 aromatic carbocycles. The lowest BCUT2D eigenvalue weighted by atomic mass is 10.1. The van der Waals surface area contributed by atoms with E-state index in [2.05, 4.69) is 71.4 Å². The van der Waals surface area contributed by atoms with Crippen molar-refractivity contribution >= 4 is 39.2 Å². The first-order valence-corrected chi connectivity index (χ1v) is 13.1. The molecule has 38 heavy (non-hydrogen) atoms. The fraction of sp³-hybridized carbons (Fsp3) is 0.321. The molecule has 5 aromatic heterocycles. The van der Waals surface area contributed by atoms with E-state index in [0.29, 0.717) is 12.1 Å². The minimum Gasteiger partial charge on any atom is -0.368 e. The van der Waals surface area contributed by atoms with Gasteiger partial charge in [0, 0.05) is 67.0 Å². The molecule has 0 spiro atoms. The zero-order valence-corrected chi connectivity index (χ0v) is 21.7. The van der Waals surface area contributed by atoms with Gasteiger partial charge in [0.2, 0.25) is 5.91 Å². The number of likely N-dealkylation sites (N-methyl/N-ethyl adjacent to an activating group) is 1. The van der Waals surface area contributed by atoms with Gasteiger partial charge in [-0.15, -0.1) is 0 Å². The van der Waals surface area contributed by atoms with E-state index in [1.807, 2.05) is 18.3 Å². The van der Waals surface area contributed by atoms with Crippen LogP contribution < -0.4 is 10.2 Å². The highest BCUT2D eigenvalue weighted by Gasteiger charge is 2.19. The van der Waals surface area contributed by atoms with Gasteiger partial charge < -0.3 is 20.1 Å². The van der Waals surface area contributed by atoms with Gasteiger partial charge in [-0.3, -0.25) is 19.9 Å². The summed E-state index contributed by atoms with van der Waals surface area (Å²) in [5.74, 6) is -0.00491. The second-order valence-corrected chi connectivity index (χ2v) is 9.87. The van der Waals surface area contributed by atoms with Crippen LogP contribution in [-0.4, -0.2) is 74.2 Å². The van der Waals surface area contributed by atoms with E-state index in [9.17, 15) is 4.79 Å². The number of piperazine rings is 1. The number of anilines is 2. The first-order valence-electron chi connectivity index (χ1n) is 13.1. The Hall–Kier alpha value is -4.31. The average molecular weight is 510 g/mol. The number of aromatic amines is 2. The monoisotopic (exact) mass is 509 g/mol. The van der Waals surface area contributed by atoms with Crippen LogP contribution in [-0.2, 0) is 4.79 Å². The topological polar surface area (TPSA) is 119 Å². The molecule has 6 rings (SSSR count). The van der Waals surface area contributed by atoms with E-state index in [1.54, 1.807) is 18.6 Å². The number of aromatic nitrogens is 6. The lowest BCUT2D eigenvalue weighted by molar-refractivity contribution is -0.116. The van der Waals surface area contributed by atoms with Gasteiger partial charge in [0.05, 0.1) is 35.0 Å². The number of hydrogen-bond donors (Lipinski definition) is 3. The maximum Gasteiger partial charge on any atom is 0.224 e. The maximum atomic E-state index is 12.2. The molecule has 0 bridgehead atoms. The second kappa shape index (κ2) is 10.2. The van der Waals surface area contributed by atoms with Gasteiger partial charge in [-0.25, -0.2) is 4.98 Å². The van der Waals surface area contributed by atoms with Gasteiger partial charge in [0.1, 0.15) is 11.3 Å². The predicted molar refractivity (Wildman–Crippen MR) is 150 cm³/mol. The van der Waals surface area contributed by atoms with Gasteiger partial charge in [-0.1, -0.05) is 13.3 Å². The van der Waals surface area contributed by atoms with Crippen molar-refractivity contribution in [2.24, 2.45) is 0 Å². The molecular formula is C28H31N9O. The van der Waals surface area contributed by atoms with Crippen molar-refractivity contribution < 1.29 is 4.79 Å². The minimum atomic E-state index is -0.00491. The third-order valence-electron chi connectivity index (χ3n) is 7.13. The molecule has 0 aliphatic carbocycles. The first-order chi connectivity index (χ1) is 18.6. The third-order valence-corrected chi connectivity index (χ3v) is 7.13. The highest BCUT2D eigenvalue weighted by molar-refractivity contribution is 5.99. The van der Waals surface area contributed by atoms with Crippen molar-refractivity contribution in [3.63, 3.8) is 0 Å². The number of carbonyl (C=O) groups excluding carboxylic acids is 1. The number of nitrogens with one attached hydrogen (secondary N) is 3. The number of nitrogens with zero attached hydrogens (tertiary/aromatic N) is 6. The van der Waals surface area contributed by atoms with Crippen molar-refractivity contribution in [1.82, 2.24) is 35.0 Å². The SMILES string of the molecule is CCCCC(=O)Nc1cncc(-c2cc3c(-c4cc5c(N6CCN(C)CC6)ccnc5[nH]4)n[nH]c3cn2)c1. The molecule has 1 saturated heterocycles. The summed E-state index contributed by atoms with van der Waals surface area (Å²) >= 11 is 0. The van der Waals surface area contributed by atoms with Crippen LogP contribution in [0.5, 0.6) is 0 Å². The third kappa shape index (κ3) is 4.70. The summed E-state index contributed by atoms with van der Waals surface area (Å²) in [4.78, 5) is 34.0. The number of rotatable bonds is 7. The minimum absolute atomic E-state index is 0.00491. The lowest BCUT2D eigenvalue weighted by Gasteiger charge is -2.34. The molecule has 1 amide bonds. The normalized spacial score (nSPS) is 14.4. The summed E-state index contributed by atoms with van der Waals surface area (Å²) in [5, 5.41) is 12.7. The van der Waals surface area contributed by atoms with Crippen LogP contribution in [0.4, 0.5) is 11.4 Å². The van der Waals surface area contributed by atoms with Crippen LogP contribution in [0.3, 0.4) is 0 Å². The van der Waals surface area contributed by atoms with Crippen molar-refractivity contribution in [2.75, 3.05) is 43.4 Å². The Morgan fingerprint density at radius 3 is 2.76 bits per heavy atom. The molecule has 6 heterocycles. The number of hydrogen-bond acceptors (Lipinski definition) is 7. The number of unbranched alkanes of at least 4 members (excludes halogenated alkanes) is 1. The van der Waals surface area contributed by atoms with E-state index in [4.69, 9.17) is 0 Å². The number of amides is 1. The Morgan fingerprint density at radius 2 is 1.92 bits per heavy atom. The molecule has 1 aliphatic heterocycles. The molecule has 1 fully saturated rings. The number of H-pyrrole nitrogens is 2. The summed E-state index contributed by atoms with van der Waals surface area (Å²) < 4.78 is 0. The molecule has 3 N–H and O–H groups in total. The summed E-state index contributed by atoms with van der Waals surface area (Å²) in [7, 11) is 2.16. The van der Waals surface area contributed by atoms with E-state index in [-0.39, 0.29) is 5.91 Å². The molecule has 0 saturated carbocycles. The lowest BCUT2D eigenvalue weighted by Crippen LogP contribution is -2.44. The second-order valence-electron chi connectivity index (χ2n) is 9.87. The van der Waals surface area contributed by atoms with Gasteiger partial charge in [-0.05, 0) is 37.7 Å².